The summed E-state index contributed by atoms with van der Waals surface area (Å²) in [6.07, 6.45) is 0. The first-order valence-electron chi connectivity index (χ1n) is 28.9. The molecule has 17 rings (SSSR count). The van der Waals surface area contributed by atoms with Gasteiger partial charge in [0.2, 0.25) is 0 Å². The average Bonchev–Trinajstić information content (AvgIpc) is 1.60. The molecule has 13 aromatic carbocycles. The lowest BCUT2D eigenvalue weighted by Crippen LogP contribution is -2.77. The summed E-state index contributed by atoms with van der Waals surface area (Å²) in [4.78, 5) is 5.07. The highest BCUT2D eigenvalue weighted by atomic mass is 32.1. The molecule has 1 aliphatic carbocycles. The second kappa shape index (κ2) is 19.4. The van der Waals surface area contributed by atoms with Crippen LogP contribution in [0.5, 0.6) is 0 Å². The summed E-state index contributed by atoms with van der Waals surface area (Å²) in [7, 11) is -3.24. The Morgan fingerprint density at radius 1 is 0.310 bits per heavy atom. The third-order valence-corrected chi connectivity index (χ3v) is 25.1. The van der Waals surface area contributed by atoms with Crippen molar-refractivity contribution in [1.82, 2.24) is 0 Å². The minimum Gasteiger partial charge on any atom is -0.311 e. The summed E-state index contributed by atoms with van der Waals surface area (Å²) < 4.78 is 5.26. The highest BCUT2D eigenvalue weighted by molar-refractivity contribution is 7.27. The number of nitrogens with zero attached hydrogens (tertiary/aromatic N) is 2. The number of hydrogen-bond donors (Lipinski definition) is 0. The molecule has 5 heteroatoms. The van der Waals surface area contributed by atoms with Crippen molar-refractivity contribution >= 4 is 126 Å². The summed E-state index contributed by atoms with van der Waals surface area (Å²) in [5.41, 5.74) is 16.1. The zero-order valence-corrected chi connectivity index (χ0v) is 48.4. The van der Waals surface area contributed by atoms with Crippen LogP contribution in [0, 0.1) is 0 Å². The van der Waals surface area contributed by atoms with Gasteiger partial charge in [-0.05, 0) is 144 Å². The van der Waals surface area contributed by atoms with Gasteiger partial charge in [-0.2, -0.15) is 0 Å². The van der Waals surface area contributed by atoms with Crippen molar-refractivity contribution in [2.24, 2.45) is 0 Å². The van der Waals surface area contributed by atoms with E-state index < -0.39 is 13.5 Å². The molecule has 0 saturated carbocycles. The fraction of sp³-hybridized carbons (Fsp3) is 0.0127. The van der Waals surface area contributed by atoms with Crippen molar-refractivity contribution in [2.45, 2.75) is 5.41 Å². The molecule has 0 atom stereocenters. The van der Waals surface area contributed by atoms with E-state index in [1.54, 1.807) is 0 Å². The van der Waals surface area contributed by atoms with Crippen LogP contribution in [0.2, 0.25) is 0 Å². The van der Waals surface area contributed by atoms with E-state index in [4.69, 9.17) is 0 Å². The number of benzene rings is 13. The summed E-state index contributed by atoms with van der Waals surface area (Å²) in [6, 6.07) is 119. The number of fused-ring (bicyclic) bond motifs is 11. The molecule has 3 heterocycles. The van der Waals surface area contributed by atoms with Crippen molar-refractivity contribution < 1.29 is 0 Å². The van der Waals surface area contributed by atoms with Crippen LogP contribution >= 0.6 is 22.7 Å². The summed E-state index contributed by atoms with van der Waals surface area (Å²) in [6.45, 7) is 0. The maximum absolute atomic E-state index is 3.24. The van der Waals surface area contributed by atoms with Crippen LogP contribution in [0.15, 0.2) is 315 Å². The Kier molecular flexibility index (Phi) is 11.3. The van der Waals surface area contributed by atoms with Crippen molar-refractivity contribution in [2.75, 3.05) is 9.80 Å². The molecule has 0 radical (unpaired) electrons. The van der Waals surface area contributed by atoms with Gasteiger partial charge in [0.25, 0.3) is 0 Å². The highest BCUT2D eigenvalue weighted by Crippen LogP contribution is 2.57. The zero-order valence-electron chi connectivity index (χ0n) is 45.7. The SMILES string of the molecule is c1ccc(-c2ccc(N(c3ccc4c(c3)N(c3ccccc3)c3ccccc3[Si]4(c3ccc4c(c3)sc3ccccc34)c3ccc4c(c3)sc3ccccc34)c3ccc4c(c3)C(c3ccccc3)(c3ccccc3)c3ccccc3-4)cc2)cc1. The van der Waals surface area contributed by atoms with Gasteiger partial charge in [-0.25, -0.2) is 0 Å². The van der Waals surface area contributed by atoms with E-state index in [1.165, 1.54) is 117 Å². The first kappa shape index (κ1) is 48.8. The molecule has 394 valence electrons. The average molecular weight is 1120 g/mol. The zero-order chi connectivity index (χ0) is 55.3. The van der Waals surface area contributed by atoms with E-state index in [0.29, 0.717) is 0 Å². The normalized spacial score (nSPS) is 13.6. The number of anilines is 6. The number of thiophene rings is 2. The van der Waals surface area contributed by atoms with Gasteiger partial charge < -0.3 is 9.80 Å². The fourth-order valence-electron chi connectivity index (χ4n) is 14.4. The second-order valence-electron chi connectivity index (χ2n) is 22.3. The lowest BCUT2D eigenvalue weighted by Gasteiger charge is -2.45. The smallest absolute Gasteiger partial charge is 0.184 e. The van der Waals surface area contributed by atoms with Gasteiger partial charge in [-0.15, -0.1) is 22.7 Å². The Bertz CT molecular complexity index is 4880. The maximum Gasteiger partial charge on any atom is 0.184 e. The van der Waals surface area contributed by atoms with Gasteiger partial charge in [-0.1, -0.05) is 237 Å². The minimum atomic E-state index is -3.24. The molecule has 2 aromatic heterocycles. The van der Waals surface area contributed by atoms with E-state index in [0.717, 1.165) is 22.7 Å². The molecule has 0 bridgehead atoms. The van der Waals surface area contributed by atoms with Gasteiger partial charge in [0.05, 0.1) is 5.41 Å². The summed E-state index contributed by atoms with van der Waals surface area (Å²) >= 11 is 3.82. The van der Waals surface area contributed by atoms with Gasteiger partial charge in [0.15, 0.2) is 8.07 Å². The van der Waals surface area contributed by atoms with Crippen LogP contribution in [-0.2, 0) is 5.41 Å². The van der Waals surface area contributed by atoms with E-state index in [-0.39, 0.29) is 0 Å². The van der Waals surface area contributed by atoms with Crippen LogP contribution in [-0.4, -0.2) is 8.07 Å². The largest absolute Gasteiger partial charge is 0.311 e. The maximum atomic E-state index is 2.57. The quantitative estimate of drug-likeness (QED) is 0.133. The monoisotopic (exact) mass is 1120 g/mol. The first-order valence-corrected chi connectivity index (χ1v) is 32.5. The van der Waals surface area contributed by atoms with E-state index >= 15 is 0 Å². The molecule has 0 amide bonds. The van der Waals surface area contributed by atoms with Crippen LogP contribution in [0.3, 0.4) is 0 Å². The third kappa shape index (κ3) is 7.26. The fourth-order valence-corrected chi connectivity index (χ4v) is 22.0. The predicted octanol–water partition coefficient (Wildman–Crippen LogP) is 19.1. The van der Waals surface area contributed by atoms with Crippen molar-refractivity contribution in [3.63, 3.8) is 0 Å². The second-order valence-corrected chi connectivity index (χ2v) is 28.2. The molecule has 15 aromatic rings. The van der Waals surface area contributed by atoms with Crippen LogP contribution < -0.4 is 30.5 Å². The molecule has 0 saturated heterocycles. The van der Waals surface area contributed by atoms with Crippen LogP contribution in [0.4, 0.5) is 34.1 Å². The minimum absolute atomic E-state index is 0.576. The summed E-state index contributed by atoms with van der Waals surface area (Å²) in [5, 5.41) is 10.7. The molecule has 0 fully saturated rings. The van der Waals surface area contributed by atoms with Crippen molar-refractivity contribution in [3.8, 4) is 22.3 Å². The molecule has 0 N–H and O–H groups in total. The Morgan fingerprint density at radius 2 is 0.786 bits per heavy atom. The van der Waals surface area contributed by atoms with Gasteiger partial charge in [-0.3, -0.25) is 0 Å². The van der Waals surface area contributed by atoms with Gasteiger partial charge in [0, 0.05) is 74.5 Å². The Morgan fingerprint density at radius 3 is 1.44 bits per heavy atom. The molecule has 0 spiro atoms. The first-order chi connectivity index (χ1) is 41.6. The molecule has 2 aliphatic rings. The number of para-hydroxylation sites is 2. The van der Waals surface area contributed by atoms with E-state index in [1.807, 2.05) is 22.7 Å². The molecule has 1 aliphatic heterocycles. The number of hydrogen-bond acceptors (Lipinski definition) is 4. The molecule has 0 unspecified atom stereocenters. The predicted molar refractivity (Wildman–Crippen MR) is 362 cm³/mol. The van der Waals surface area contributed by atoms with Gasteiger partial charge >= 0.3 is 0 Å². The van der Waals surface area contributed by atoms with Crippen molar-refractivity contribution in [3.05, 3.63) is 338 Å². The molecular weight excluding hydrogens is 1070 g/mol. The Balaban J connectivity index is 0.955. The van der Waals surface area contributed by atoms with Crippen LogP contribution in [0.1, 0.15) is 22.3 Å². The van der Waals surface area contributed by atoms with Crippen molar-refractivity contribution in [1.29, 1.82) is 0 Å². The number of rotatable bonds is 9. The third-order valence-electron chi connectivity index (χ3n) is 18.0. The van der Waals surface area contributed by atoms with Gasteiger partial charge in [0.1, 0.15) is 0 Å². The Hall–Kier alpha value is -9.88. The van der Waals surface area contributed by atoms with E-state index in [9.17, 15) is 0 Å². The van der Waals surface area contributed by atoms with Crippen LogP contribution in [0.25, 0.3) is 62.6 Å². The summed E-state index contributed by atoms with van der Waals surface area (Å²) in [5.74, 6) is 0. The molecular formula is C79H52N2S2Si. The standard InChI is InChI=1S/C79H52N2S2Si/c1-5-21-53(22-6-1)54-37-39-58(40-38-54)80(59-41-45-64-63-29-13-16-32-69(63)79(70(64)49-59,55-23-7-2-8-24-55)56-25-9-3-10-26-56)60-42-48-78-72(50-60)81(57-27-11-4-12-28-57)71-33-17-20-36-77(71)84(78,61-43-46-67-65-30-14-18-34-73(65)82-75(67)51-61)62-44-47-68-66-31-15-19-35-74(66)83-76(68)52-62/h1-52H. The highest BCUT2D eigenvalue weighted by Gasteiger charge is 2.50. The lowest BCUT2D eigenvalue weighted by atomic mass is 9.67. The Labute approximate surface area is 497 Å². The lowest BCUT2D eigenvalue weighted by molar-refractivity contribution is 0.768. The topological polar surface area (TPSA) is 6.48 Å². The molecule has 84 heavy (non-hydrogen) atoms. The van der Waals surface area contributed by atoms with E-state index in [2.05, 4.69) is 325 Å². The molecule has 2 nitrogen and oxygen atoms in total.